The summed E-state index contributed by atoms with van der Waals surface area (Å²) in [5.41, 5.74) is 0.599. The first-order valence-corrected chi connectivity index (χ1v) is 11.2. The van der Waals surface area contributed by atoms with E-state index in [2.05, 4.69) is 4.98 Å². The zero-order chi connectivity index (χ0) is 20.4. The Hall–Kier alpha value is -2.35. The molecule has 1 saturated heterocycles. The van der Waals surface area contributed by atoms with Gasteiger partial charge in [-0.05, 0) is 51.2 Å². The lowest BCUT2D eigenvalue weighted by Crippen LogP contribution is -2.49. The lowest BCUT2D eigenvalue weighted by molar-refractivity contribution is -0.155. The molecule has 0 unspecified atom stereocenters. The van der Waals surface area contributed by atoms with Gasteiger partial charge in [-0.3, -0.25) is 14.2 Å². The van der Waals surface area contributed by atoms with Gasteiger partial charge in [0.25, 0.3) is 5.56 Å². The molecule has 1 aromatic heterocycles. The summed E-state index contributed by atoms with van der Waals surface area (Å²) >= 11 is 1.28. The fraction of sp³-hybridized carbons (Fsp3) is 0.524. The van der Waals surface area contributed by atoms with Crippen molar-refractivity contribution in [1.82, 2.24) is 14.5 Å². The maximum absolute atomic E-state index is 12.9. The van der Waals surface area contributed by atoms with Gasteiger partial charge in [0.15, 0.2) is 5.16 Å². The molecular formula is C21H25N3O4S. The van der Waals surface area contributed by atoms with Crippen molar-refractivity contribution in [2.45, 2.75) is 56.3 Å². The maximum atomic E-state index is 12.9. The second kappa shape index (κ2) is 8.57. The standard InChI is InChI=1S/C21H25N3O4S/c1-2-28-20(27)17-9-5-6-12-23(17)18(25)13-29-21-22-16-8-4-3-7-15(16)19(26)24(21)14-10-11-14/h3-4,7-8,14,17H,2,5-6,9-13H2,1H3/t17-/m1/s1. The zero-order valence-electron chi connectivity index (χ0n) is 16.5. The van der Waals surface area contributed by atoms with Gasteiger partial charge >= 0.3 is 5.97 Å². The number of hydrogen-bond donors (Lipinski definition) is 0. The SMILES string of the molecule is CCOC(=O)[C@H]1CCCCN1C(=O)CSc1nc2ccccc2c(=O)n1C1CC1. The second-order valence-electron chi connectivity index (χ2n) is 7.46. The normalized spacial score (nSPS) is 19.3. The lowest BCUT2D eigenvalue weighted by Gasteiger charge is -2.34. The number of rotatable bonds is 6. The van der Waals surface area contributed by atoms with Crippen molar-refractivity contribution in [3.05, 3.63) is 34.6 Å². The van der Waals surface area contributed by atoms with E-state index in [0.717, 1.165) is 25.7 Å². The third-order valence-electron chi connectivity index (χ3n) is 5.39. The van der Waals surface area contributed by atoms with E-state index in [1.54, 1.807) is 22.5 Å². The minimum atomic E-state index is -0.507. The third-order valence-corrected chi connectivity index (χ3v) is 6.33. The number of hydrogen-bond acceptors (Lipinski definition) is 6. The topological polar surface area (TPSA) is 81.5 Å². The molecule has 1 aliphatic carbocycles. The Labute approximate surface area is 173 Å². The number of carbonyl (C=O) groups is 2. The molecule has 0 spiro atoms. The molecule has 1 saturated carbocycles. The molecular weight excluding hydrogens is 390 g/mol. The van der Waals surface area contributed by atoms with Crippen LogP contribution in [0.15, 0.2) is 34.2 Å². The largest absolute Gasteiger partial charge is 0.464 e. The molecule has 8 heteroatoms. The molecule has 7 nitrogen and oxygen atoms in total. The van der Waals surface area contributed by atoms with Crippen molar-refractivity contribution in [2.24, 2.45) is 0 Å². The summed E-state index contributed by atoms with van der Waals surface area (Å²) in [6.07, 6.45) is 4.34. The van der Waals surface area contributed by atoms with Crippen LogP contribution in [0, 0.1) is 0 Å². The fourth-order valence-corrected chi connectivity index (χ4v) is 4.76. The Kier molecular flexibility index (Phi) is 5.89. The van der Waals surface area contributed by atoms with Gasteiger partial charge in [0.2, 0.25) is 5.91 Å². The average molecular weight is 416 g/mol. The molecule has 1 amide bonds. The molecule has 154 valence electrons. The van der Waals surface area contributed by atoms with Crippen LogP contribution in [0.4, 0.5) is 0 Å². The summed E-state index contributed by atoms with van der Waals surface area (Å²) in [4.78, 5) is 44.4. The highest BCUT2D eigenvalue weighted by molar-refractivity contribution is 7.99. The van der Waals surface area contributed by atoms with Crippen LogP contribution in [0.2, 0.25) is 0 Å². The summed E-state index contributed by atoms with van der Waals surface area (Å²) in [6.45, 7) is 2.63. The van der Waals surface area contributed by atoms with Crippen LogP contribution in [-0.2, 0) is 14.3 Å². The van der Waals surface area contributed by atoms with Gasteiger partial charge in [-0.15, -0.1) is 0 Å². The maximum Gasteiger partial charge on any atom is 0.328 e. The molecule has 1 atom stereocenters. The molecule has 2 heterocycles. The van der Waals surface area contributed by atoms with Crippen molar-refractivity contribution in [2.75, 3.05) is 18.9 Å². The average Bonchev–Trinajstić information content (AvgIpc) is 3.57. The van der Waals surface area contributed by atoms with Gasteiger partial charge < -0.3 is 9.64 Å². The number of esters is 1. The number of fused-ring (bicyclic) bond motifs is 1. The molecule has 0 bridgehead atoms. The minimum Gasteiger partial charge on any atom is -0.464 e. The first-order valence-electron chi connectivity index (χ1n) is 10.2. The second-order valence-corrected chi connectivity index (χ2v) is 8.40. The highest BCUT2D eigenvalue weighted by atomic mass is 32.2. The Bertz CT molecular complexity index is 986. The molecule has 29 heavy (non-hydrogen) atoms. The summed E-state index contributed by atoms with van der Waals surface area (Å²) in [7, 11) is 0. The van der Waals surface area contributed by atoms with Crippen molar-refractivity contribution < 1.29 is 14.3 Å². The van der Waals surface area contributed by atoms with E-state index in [4.69, 9.17) is 4.74 Å². The van der Waals surface area contributed by atoms with Crippen LogP contribution in [-0.4, -0.2) is 51.3 Å². The highest BCUT2D eigenvalue weighted by Gasteiger charge is 2.34. The van der Waals surface area contributed by atoms with Crippen LogP contribution in [0.1, 0.15) is 45.1 Å². The Morgan fingerprint density at radius 2 is 2.00 bits per heavy atom. The summed E-state index contributed by atoms with van der Waals surface area (Å²) in [5, 5.41) is 1.18. The van der Waals surface area contributed by atoms with Crippen LogP contribution in [0.3, 0.4) is 0 Å². The molecule has 0 radical (unpaired) electrons. The third kappa shape index (κ3) is 4.17. The van der Waals surface area contributed by atoms with Crippen molar-refractivity contribution >= 4 is 34.5 Å². The number of amides is 1. The number of piperidine rings is 1. The van der Waals surface area contributed by atoms with Gasteiger partial charge in [0, 0.05) is 12.6 Å². The molecule has 0 N–H and O–H groups in total. The number of aromatic nitrogens is 2. The summed E-state index contributed by atoms with van der Waals surface area (Å²) in [5.74, 6) is -0.297. The minimum absolute atomic E-state index is 0.0459. The Morgan fingerprint density at radius 1 is 1.21 bits per heavy atom. The van der Waals surface area contributed by atoms with Crippen LogP contribution < -0.4 is 5.56 Å². The molecule has 2 aliphatic rings. The molecule has 2 aromatic rings. The van der Waals surface area contributed by atoms with Crippen LogP contribution >= 0.6 is 11.8 Å². The van der Waals surface area contributed by atoms with E-state index in [-0.39, 0.29) is 29.2 Å². The van der Waals surface area contributed by atoms with Crippen molar-refractivity contribution in [3.8, 4) is 0 Å². The monoisotopic (exact) mass is 415 g/mol. The zero-order valence-corrected chi connectivity index (χ0v) is 17.3. The molecule has 1 aliphatic heterocycles. The Balaban J connectivity index is 1.54. The molecule has 2 fully saturated rings. The van der Waals surface area contributed by atoms with E-state index in [9.17, 15) is 14.4 Å². The number of ether oxygens (including phenoxy) is 1. The molecule has 4 rings (SSSR count). The van der Waals surface area contributed by atoms with Gasteiger partial charge in [-0.2, -0.15) is 0 Å². The number of para-hydroxylation sites is 1. The predicted molar refractivity (Wildman–Crippen MR) is 111 cm³/mol. The highest BCUT2D eigenvalue weighted by Crippen LogP contribution is 2.37. The number of nitrogens with zero attached hydrogens (tertiary/aromatic N) is 3. The smallest absolute Gasteiger partial charge is 0.328 e. The number of thioether (sulfide) groups is 1. The molecule has 1 aromatic carbocycles. The number of likely N-dealkylation sites (tertiary alicyclic amines) is 1. The van der Waals surface area contributed by atoms with E-state index < -0.39 is 6.04 Å². The Morgan fingerprint density at radius 3 is 2.76 bits per heavy atom. The van der Waals surface area contributed by atoms with Crippen molar-refractivity contribution in [3.63, 3.8) is 0 Å². The van der Waals surface area contributed by atoms with E-state index >= 15 is 0 Å². The summed E-state index contributed by atoms with van der Waals surface area (Å²) in [6, 6.07) is 6.96. The van der Waals surface area contributed by atoms with E-state index in [0.29, 0.717) is 35.6 Å². The van der Waals surface area contributed by atoms with Crippen LogP contribution in [0.5, 0.6) is 0 Å². The first kappa shape index (κ1) is 19.9. The van der Waals surface area contributed by atoms with E-state index in [1.165, 1.54) is 11.8 Å². The van der Waals surface area contributed by atoms with Gasteiger partial charge in [0.05, 0.1) is 23.3 Å². The fourth-order valence-electron chi connectivity index (χ4n) is 3.80. The van der Waals surface area contributed by atoms with Gasteiger partial charge in [-0.25, -0.2) is 9.78 Å². The first-order chi connectivity index (χ1) is 14.1. The van der Waals surface area contributed by atoms with E-state index in [1.807, 2.05) is 18.2 Å². The quantitative estimate of drug-likeness (QED) is 0.410. The number of carbonyl (C=O) groups excluding carboxylic acids is 2. The lowest BCUT2D eigenvalue weighted by atomic mass is 10.0. The summed E-state index contributed by atoms with van der Waals surface area (Å²) < 4.78 is 6.89. The number of benzene rings is 1. The van der Waals surface area contributed by atoms with Gasteiger partial charge in [-0.1, -0.05) is 23.9 Å². The van der Waals surface area contributed by atoms with Crippen LogP contribution in [0.25, 0.3) is 10.9 Å². The predicted octanol–water partition coefficient (Wildman–Crippen LogP) is 2.77. The van der Waals surface area contributed by atoms with Gasteiger partial charge in [0.1, 0.15) is 6.04 Å². The van der Waals surface area contributed by atoms with Crippen molar-refractivity contribution in [1.29, 1.82) is 0 Å².